The first-order valence-electron chi connectivity index (χ1n) is 8.04. The Kier molecular flexibility index (Phi) is 7.46. The lowest BCUT2D eigenvalue weighted by Crippen LogP contribution is -2.47. The smallest absolute Gasteiger partial charge is 0.408 e. The number of alkyl carbamates (subject to hydrolysis) is 1. The molecule has 1 aliphatic rings. The standard InChI is InChI=1S/C16H31NO4/c1-12(20-11-13-8-6-5-7-9-13)14(10-18)17-15(19)21-16(2,3)4/h12-14,18H,5-11H2,1-4H3,(H,17,19)/t12-,14-/m1/s1. The average molecular weight is 301 g/mol. The Hall–Kier alpha value is -0.810. The lowest BCUT2D eigenvalue weighted by atomic mass is 9.90. The summed E-state index contributed by atoms with van der Waals surface area (Å²) in [5.74, 6) is 0.613. The Morgan fingerprint density at radius 2 is 1.90 bits per heavy atom. The van der Waals surface area contributed by atoms with Crippen molar-refractivity contribution in [1.82, 2.24) is 5.32 Å². The molecule has 1 fully saturated rings. The lowest BCUT2D eigenvalue weighted by Gasteiger charge is -2.28. The van der Waals surface area contributed by atoms with Crippen LogP contribution in [0.3, 0.4) is 0 Å². The molecule has 1 saturated carbocycles. The van der Waals surface area contributed by atoms with Gasteiger partial charge in [0.05, 0.1) is 18.8 Å². The van der Waals surface area contributed by atoms with Crippen LogP contribution in [-0.4, -0.2) is 42.2 Å². The predicted octanol–water partition coefficient (Wildman–Crippen LogP) is 2.86. The maximum Gasteiger partial charge on any atom is 0.408 e. The minimum atomic E-state index is -0.545. The van der Waals surface area contributed by atoms with Gasteiger partial charge < -0.3 is 19.9 Å². The van der Waals surface area contributed by atoms with E-state index in [1.54, 1.807) is 0 Å². The second kappa shape index (κ2) is 8.59. The zero-order valence-corrected chi connectivity index (χ0v) is 13.9. The number of aliphatic hydroxyl groups excluding tert-OH is 1. The Morgan fingerprint density at radius 1 is 1.29 bits per heavy atom. The zero-order chi connectivity index (χ0) is 15.9. The van der Waals surface area contributed by atoms with E-state index in [-0.39, 0.29) is 12.7 Å². The predicted molar refractivity (Wildman–Crippen MR) is 82.2 cm³/mol. The highest BCUT2D eigenvalue weighted by Gasteiger charge is 2.24. The van der Waals surface area contributed by atoms with Gasteiger partial charge in [0.25, 0.3) is 0 Å². The number of ether oxygens (including phenoxy) is 2. The number of aliphatic hydroxyl groups is 1. The van der Waals surface area contributed by atoms with Crippen LogP contribution in [0.2, 0.25) is 0 Å². The molecule has 0 aromatic carbocycles. The molecule has 0 aliphatic heterocycles. The summed E-state index contributed by atoms with van der Waals surface area (Å²) < 4.78 is 11.0. The van der Waals surface area contributed by atoms with Gasteiger partial charge in [0.15, 0.2) is 0 Å². The third kappa shape index (κ3) is 7.67. The zero-order valence-electron chi connectivity index (χ0n) is 13.9. The largest absolute Gasteiger partial charge is 0.444 e. The Labute approximate surface area is 128 Å². The molecule has 5 heteroatoms. The normalized spacial score (nSPS) is 19.9. The molecular formula is C16H31NO4. The van der Waals surface area contributed by atoms with Gasteiger partial charge in [0, 0.05) is 6.61 Å². The van der Waals surface area contributed by atoms with E-state index in [9.17, 15) is 9.90 Å². The fourth-order valence-corrected chi connectivity index (χ4v) is 2.53. The topological polar surface area (TPSA) is 67.8 Å². The van der Waals surface area contributed by atoms with Gasteiger partial charge in [-0.2, -0.15) is 0 Å². The number of carbonyl (C=O) groups excluding carboxylic acids is 1. The fourth-order valence-electron chi connectivity index (χ4n) is 2.53. The van der Waals surface area contributed by atoms with E-state index in [1.807, 2.05) is 27.7 Å². The Morgan fingerprint density at radius 3 is 2.43 bits per heavy atom. The highest BCUT2D eigenvalue weighted by atomic mass is 16.6. The van der Waals surface area contributed by atoms with Crippen molar-refractivity contribution >= 4 is 6.09 Å². The minimum absolute atomic E-state index is 0.162. The van der Waals surface area contributed by atoms with Crippen molar-refractivity contribution < 1.29 is 19.4 Å². The summed E-state index contributed by atoms with van der Waals surface area (Å²) in [5, 5.41) is 12.1. The molecule has 0 aromatic heterocycles. The summed E-state index contributed by atoms with van der Waals surface area (Å²) in [6, 6.07) is -0.441. The van der Waals surface area contributed by atoms with Crippen LogP contribution in [-0.2, 0) is 9.47 Å². The summed E-state index contributed by atoms with van der Waals surface area (Å²) in [6.07, 6.45) is 5.57. The van der Waals surface area contributed by atoms with Crippen LogP contribution in [0.4, 0.5) is 4.79 Å². The van der Waals surface area contributed by atoms with Crippen molar-refractivity contribution in [3.05, 3.63) is 0 Å². The summed E-state index contributed by atoms with van der Waals surface area (Å²) in [6.45, 7) is 7.84. The van der Waals surface area contributed by atoms with Crippen LogP contribution in [0, 0.1) is 5.92 Å². The van der Waals surface area contributed by atoms with Crippen molar-refractivity contribution in [2.45, 2.75) is 77.5 Å². The molecule has 0 bridgehead atoms. The van der Waals surface area contributed by atoms with E-state index in [0.29, 0.717) is 12.5 Å². The molecule has 1 rings (SSSR count). The van der Waals surface area contributed by atoms with E-state index in [0.717, 1.165) is 0 Å². The number of rotatable bonds is 6. The third-order valence-electron chi connectivity index (χ3n) is 3.79. The molecule has 0 saturated heterocycles. The van der Waals surface area contributed by atoms with Gasteiger partial charge in [0.1, 0.15) is 5.60 Å². The first-order chi connectivity index (χ1) is 9.81. The number of nitrogens with one attached hydrogen (secondary N) is 1. The summed E-state index contributed by atoms with van der Waals surface area (Å²) in [4.78, 5) is 11.7. The number of hydrogen-bond acceptors (Lipinski definition) is 4. The van der Waals surface area contributed by atoms with Gasteiger partial charge in [-0.15, -0.1) is 0 Å². The Balaban J connectivity index is 2.34. The van der Waals surface area contributed by atoms with Crippen molar-refractivity contribution in [2.75, 3.05) is 13.2 Å². The van der Waals surface area contributed by atoms with Crippen molar-refractivity contribution in [3.63, 3.8) is 0 Å². The molecule has 0 unspecified atom stereocenters. The van der Waals surface area contributed by atoms with E-state index in [4.69, 9.17) is 9.47 Å². The van der Waals surface area contributed by atoms with Crippen LogP contribution in [0.25, 0.3) is 0 Å². The minimum Gasteiger partial charge on any atom is -0.444 e. The van der Waals surface area contributed by atoms with Gasteiger partial charge in [-0.25, -0.2) is 4.79 Å². The van der Waals surface area contributed by atoms with Crippen LogP contribution in [0.15, 0.2) is 0 Å². The third-order valence-corrected chi connectivity index (χ3v) is 3.79. The fraction of sp³-hybridized carbons (Fsp3) is 0.938. The molecule has 124 valence electrons. The van der Waals surface area contributed by atoms with Crippen molar-refractivity contribution in [2.24, 2.45) is 5.92 Å². The number of hydrogen-bond donors (Lipinski definition) is 2. The Bertz CT molecular complexity index is 308. The quantitative estimate of drug-likeness (QED) is 0.791. The van der Waals surface area contributed by atoms with Crippen LogP contribution < -0.4 is 5.32 Å². The molecular weight excluding hydrogens is 270 g/mol. The van der Waals surface area contributed by atoms with Crippen LogP contribution in [0.5, 0.6) is 0 Å². The molecule has 2 atom stereocenters. The molecule has 21 heavy (non-hydrogen) atoms. The summed E-state index contributed by atoms with van der Waals surface area (Å²) >= 11 is 0. The highest BCUT2D eigenvalue weighted by molar-refractivity contribution is 5.68. The van der Waals surface area contributed by atoms with E-state index >= 15 is 0 Å². The van der Waals surface area contributed by atoms with Crippen molar-refractivity contribution in [1.29, 1.82) is 0 Å². The SMILES string of the molecule is C[C@@H](OCC1CCCCC1)[C@@H](CO)NC(=O)OC(C)(C)C. The lowest BCUT2D eigenvalue weighted by molar-refractivity contribution is -0.00813. The first-order valence-corrected chi connectivity index (χ1v) is 8.04. The van der Waals surface area contributed by atoms with E-state index in [1.165, 1.54) is 32.1 Å². The van der Waals surface area contributed by atoms with E-state index < -0.39 is 17.7 Å². The van der Waals surface area contributed by atoms with Crippen LogP contribution >= 0.6 is 0 Å². The average Bonchev–Trinajstić information content (AvgIpc) is 2.41. The van der Waals surface area contributed by atoms with Gasteiger partial charge in [-0.1, -0.05) is 19.3 Å². The molecule has 1 aliphatic carbocycles. The van der Waals surface area contributed by atoms with Crippen molar-refractivity contribution in [3.8, 4) is 0 Å². The maximum absolute atomic E-state index is 11.7. The highest BCUT2D eigenvalue weighted by Crippen LogP contribution is 2.24. The number of carbonyl (C=O) groups is 1. The van der Waals surface area contributed by atoms with Gasteiger partial charge in [0.2, 0.25) is 0 Å². The second-order valence-corrected chi connectivity index (χ2v) is 6.98. The molecule has 0 heterocycles. The van der Waals surface area contributed by atoms with Gasteiger partial charge in [-0.3, -0.25) is 0 Å². The molecule has 0 radical (unpaired) electrons. The summed E-state index contributed by atoms with van der Waals surface area (Å²) in [5.41, 5.74) is -0.545. The summed E-state index contributed by atoms with van der Waals surface area (Å²) in [7, 11) is 0. The van der Waals surface area contributed by atoms with E-state index in [2.05, 4.69) is 5.32 Å². The molecule has 1 amide bonds. The monoisotopic (exact) mass is 301 g/mol. The molecule has 5 nitrogen and oxygen atoms in total. The van der Waals surface area contributed by atoms with Gasteiger partial charge >= 0.3 is 6.09 Å². The second-order valence-electron chi connectivity index (χ2n) is 6.98. The van der Waals surface area contributed by atoms with Gasteiger partial charge in [-0.05, 0) is 46.5 Å². The molecule has 0 aromatic rings. The molecule has 2 N–H and O–H groups in total. The first kappa shape index (κ1) is 18.2. The number of amides is 1. The molecule has 0 spiro atoms. The maximum atomic E-state index is 11.7. The van der Waals surface area contributed by atoms with Crippen LogP contribution in [0.1, 0.15) is 59.8 Å².